The van der Waals surface area contributed by atoms with Gasteiger partial charge in [-0.3, -0.25) is 0 Å². The van der Waals surface area contributed by atoms with E-state index < -0.39 is 10.0 Å². The van der Waals surface area contributed by atoms with E-state index in [0.717, 1.165) is 22.6 Å². The Morgan fingerprint density at radius 2 is 1.65 bits per heavy atom. The normalized spacial score (nSPS) is 21.5. The summed E-state index contributed by atoms with van der Waals surface area (Å²) in [7, 11) is -3.68. The highest BCUT2D eigenvalue weighted by molar-refractivity contribution is 7.89. The largest absolute Gasteiger partial charge is 0.360 e. The molecule has 0 amide bonds. The monoisotopic (exact) mass is 368 g/mol. The maximum Gasteiger partial charge on any atom is 0.238 e. The van der Waals surface area contributed by atoms with Crippen LogP contribution in [-0.2, 0) is 10.0 Å². The fraction of sp³-hybridized carbons (Fsp3) is 0.250. The highest BCUT2D eigenvalue weighted by Crippen LogP contribution is 2.70. The summed E-state index contributed by atoms with van der Waals surface area (Å²) < 4.78 is 28.5. The minimum absolute atomic E-state index is 0.0105. The van der Waals surface area contributed by atoms with E-state index in [9.17, 15) is 8.42 Å². The number of benzene rings is 2. The van der Waals surface area contributed by atoms with E-state index in [4.69, 9.17) is 9.66 Å². The second-order valence-corrected chi connectivity index (χ2v) is 8.93. The third kappa shape index (κ3) is 2.85. The van der Waals surface area contributed by atoms with E-state index in [1.54, 1.807) is 12.1 Å². The molecule has 5 nitrogen and oxygen atoms in total. The van der Waals surface area contributed by atoms with Crippen LogP contribution in [0.2, 0.25) is 0 Å². The molecular formula is C20H20N2O3S. The summed E-state index contributed by atoms with van der Waals surface area (Å²) in [5.74, 6) is 1.30. The second kappa shape index (κ2) is 5.79. The smallest absolute Gasteiger partial charge is 0.238 e. The van der Waals surface area contributed by atoms with Crippen molar-refractivity contribution in [1.82, 2.24) is 5.16 Å². The van der Waals surface area contributed by atoms with Crippen LogP contribution < -0.4 is 5.14 Å². The predicted octanol–water partition coefficient (Wildman–Crippen LogP) is 3.90. The van der Waals surface area contributed by atoms with Crippen molar-refractivity contribution in [3.8, 4) is 11.3 Å². The SMILES string of the molecule is CC1(C)[C@H](c2ccc(S(N)(=O)=O)cc2)[C@H]1c1cc(-c2ccccc2)no1. The third-order valence-electron chi connectivity index (χ3n) is 5.30. The Kier molecular flexibility index (Phi) is 3.78. The highest BCUT2D eigenvalue weighted by Gasteiger charge is 2.60. The van der Waals surface area contributed by atoms with Crippen LogP contribution in [0.5, 0.6) is 0 Å². The third-order valence-corrected chi connectivity index (χ3v) is 6.23. The first-order valence-corrected chi connectivity index (χ1v) is 9.98. The second-order valence-electron chi connectivity index (χ2n) is 7.37. The lowest BCUT2D eigenvalue weighted by molar-refractivity contribution is 0.375. The van der Waals surface area contributed by atoms with Crippen molar-refractivity contribution >= 4 is 10.0 Å². The van der Waals surface area contributed by atoms with Crippen molar-refractivity contribution in [3.05, 3.63) is 72.0 Å². The van der Waals surface area contributed by atoms with Gasteiger partial charge in [-0.15, -0.1) is 0 Å². The van der Waals surface area contributed by atoms with Gasteiger partial charge in [-0.05, 0) is 23.1 Å². The number of primary sulfonamides is 1. The van der Waals surface area contributed by atoms with Crippen molar-refractivity contribution in [2.45, 2.75) is 30.6 Å². The molecule has 1 aliphatic rings. The van der Waals surface area contributed by atoms with Crippen LogP contribution in [-0.4, -0.2) is 13.6 Å². The van der Waals surface area contributed by atoms with Gasteiger partial charge in [0.25, 0.3) is 0 Å². The first-order chi connectivity index (χ1) is 12.3. The molecule has 1 aromatic heterocycles. The van der Waals surface area contributed by atoms with Crippen molar-refractivity contribution in [2.75, 3.05) is 0 Å². The molecule has 0 unspecified atom stereocenters. The molecule has 1 fully saturated rings. The van der Waals surface area contributed by atoms with Crippen molar-refractivity contribution in [2.24, 2.45) is 10.6 Å². The summed E-state index contributed by atoms with van der Waals surface area (Å²) in [6.45, 7) is 4.36. The zero-order valence-corrected chi connectivity index (χ0v) is 15.4. The van der Waals surface area contributed by atoms with Crippen LogP contribution >= 0.6 is 0 Å². The molecule has 0 saturated heterocycles. The Balaban J connectivity index is 1.62. The van der Waals surface area contributed by atoms with E-state index in [1.807, 2.05) is 48.5 Å². The van der Waals surface area contributed by atoms with Gasteiger partial charge >= 0.3 is 0 Å². The lowest BCUT2D eigenvalue weighted by atomic mass is 10.0. The number of sulfonamides is 1. The molecule has 1 aliphatic carbocycles. The van der Waals surface area contributed by atoms with Gasteiger partial charge in [0.2, 0.25) is 10.0 Å². The molecule has 2 atom stereocenters. The van der Waals surface area contributed by atoms with Gasteiger partial charge in [0.05, 0.1) is 4.90 Å². The summed E-state index contributed by atoms with van der Waals surface area (Å²) in [6.07, 6.45) is 0. The van der Waals surface area contributed by atoms with E-state index in [-0.39, 0.29) is 22.1 Å². The standard InChI is InChI=1S/C20H20N2O3S/c1-20(2)18(14-8-10-15(11-9-14)26(21,23)24)19(20)17-12-16(22-25-17)13-6-4-3-5-7-13/h3-12,18-19H,1-2H3,(H2,21,23,24)/t18-,19-/m1/s1. The fourth-order valence-corrected chi connectivity index (χ4v) is 4.35. The Morgan fingerprint density at radius 3 is 2.27 bits per heavy atom. The van der Waals surface area contributed by atoms with Gasteiger partial charge in [-0.25, -0.2) is 13.6 Å². The molecule has 1 heterocycles. The Labute approximate surface area is 152 Å². The Morgan fingerprint density at radius 1 is 1.00 bits per heavy atom. The average molecular weight is 368 g/mol. The van der Waals surface area contributed by atoms with Crippen molar-refractivity contribution < 1.29 is 12.9 Å². The van der Waals surface area contributed by atoms with Crippen LogP contribution in [0.15, 0.2) is 70.1 Å². The molecule has 0 radical (unpaired) electrons. The topological polar surface area (TPSA) is 86.2 Å². The highest BCUT2D eigenvalue weighted by atomic mass is 32.2. The lowest BCUT2D eigenvalue weighted by Gasteiger charge is -2.04. The van der Waals surface area contributed by atoms with Crippen molar-refractivity contribution in [3.63, 3.8) is 0 Å². The van der Waals surface area contributed by atoms with Gasteiger partial charge in [-0.1, -0.05) is 61.5 Å². The van der Waals surface area contributed by atoms with Gasteiger partial charge in [0, 0.05) is 23.5 Å². The Bertz CT molecular complexity index is 1040. The lowest BCUT2D eigenvalue weighted by Crippen LogP contribution is -2.11. The summed E-state index contributed by atoms with van der Waals surface area (Å²) in [4.78, 5) is 0.127. The zero-order valence-electron chi connectivity index (χ0n) is 14.6. The molecule has 26 heavy (non-hydrogen) atoms. The molecule has 0 spiro atoms. The molecule has 2 aromatic carbocycles. The number of nitrogens with zero attached hydrogens (tertiary/aromatic N) is 1. The first-order valence-electron chi connectivity index (χ1n) is 8.43. The number of rotatable bonds is 4. The summed E-state index contributed by atoms with van der Waals surface area (Å²) in [6, 6.07) is 18.7. The van der Waals surface area contributed by atoms with Crippen LogP contribution in [0.4, 0.5) is 0 Å². The molecule has 0 bridgehead atoms. The maximum atomic E-state index is 11.4. The Hall–Kier alpha value is -2.44. The van der Waals surface area contributed by atoms with E-state index in [1.165, 1.54) is 0 Å². The molecule has 1 saturated carbocycles. The number of aromatic nitrogens is 1. The van der Waals surface area contributed by atoms with Gasteiger partial charge in [0.15, 0.2) is 0 Å². The molecular weight excluding hydrogens is 348 g/mol. The van der Waals surface area contributed by atoms with E-state index >= 15 is 0 Å². The van der Waals surface area contributed by atoms with E-state index in [2.05, 4.69) is 19.0 Å². The summed E-state index contributed by atoms with van der Waals surface area (Å²) >= 11 is 0. The van der Waals surface area contributed by atoms with Crippen molar-refractivity contribution in [1.29, 1.82) is 0 Å². The molecule has 6 heteroatoms. The maximum absolute atomic E-state index is 11.4. The quantitative estimate of drug-likeness (QED) is 0.757. The number of hydrogen-bond donors (Lipinski definition) is 1. The molecule has 4 rings (SSSR count). The fourth-order valence-electron chi connectivity index (χ4n) is 3.84. The molecule has 3 aromatic rings. The zero-order chi connectivity index (χ0) is 18.5. The van der Waals surface area contributed by atoms with Crippen LogP contribution in [0.3, 0.4) is 0 Å². The van der Waals surface area contributed by atoms with Crippen LogP contribution in [0.25, 0.3) is 11.3 Å². The van der Waals surface area contributed by atoms with E-state index in [0.29, 0.717) is 0 Å². The van der Waals surface area contributed by atoms with Crippen LogP contribution in [0.1, 0.15) is 37.0 Å². The average Bonchev–Trinajstić information content (AvgIpc) is 2.95. The van der Waals surface area contributed by atoms with Gasteiger partial charge in [-0.2, -0.15) is 0 Å². The number of nitrogens with two attached hydrogens (primary N) is 1. The minimum Gasteiger partial charge on any atom is -0.360 e. The predicted molar refractivity (Wildman–Crippen MR) is 99.0 cm³/mol. The first kappa shape index (κ1) is 17.0. The summed E-state index contributed by atoms with van der Waals surface area (Å²) in [5, 5.41) is 9.39. The van der Waals surface area contributed by atoms with Crippen LogP contribution in [0, 0.1) is 5.41 Å². The molecule has 134 valence electrons. The van der Waals surface area contributed by atoms with Gasteiger partial charge in [0.1, 0.15) is 11.5 Å². The van der Waals surface area contributed by atoms with Gasteiger partial charge < -0.3 is 4.52 Å². The number of hydrogen-bond acceptors (Lipinski definition) is 4. The molecule has 0 aliphatic heterocycles. The summed E-state index contributed by atoms with van der Waals surface area (Å²) in [5.41, 5.74) is 2.93. The molecule has 2 N–H and O–H groups in total. The minimum atomic E-state index is -3.68.